The average Bonchev–Trinajstić information content (AvgIpc) is 2.13. The maximum absolute atomic E-state index is 13.2. The molecule has 0 saturated carbocycles. The Bertz CT molecular complexity index is 515. The summed E-state index contributed by atoms with van der Waals surface area (Å²) in [7, 11) is -1.99. The van der Waals surface area contributed by atoms with E-state index in [1.807, 2.05) is 13.8 Å². The predicted octanol–water partition coefficient (Wildman–Crippen LogP) is 2.72. The summed E-state index contributed by atoms with van der Waals surface area (Å²) < 4.78 is 39.4. The van der Waals surface area contributed by atoms with Crippen LogP contribution in [0.1, 0.15) is 25.0 Å². The van der Waals surface area contributed by atoms with Gasteiger partial charge in [0.1, 0.15) is 5.82 Å². The van der Waals surface area contributed by atoms with Crippen LogP contribution in [-0.2, 0) is 10.0 Å². The fourth-order valence-electron chi connectivity index (χ4n) is 2.07. The first-order valence-electron chi connectivity index (χ1n) is 5.89. The molecule has 0 N–H and O–H groups in total. The number of rotatable bonds is 4. The van der Waals surface area contributed by atoms with Crippen LogP contribution in [0.25, 0.3) is 0 Å². The first kappa shape index (κ1) is 15.1. The summed E-state index contributed by atoms with van der Waals surface area (Å²) in [4.78, 5) is 0.215. The van der Waals surface area contributed by atoms with Gasteiger partial charge < -0.3 is 0 Å². The van der Waals surface area contributed by atoms with E-state index in [4.69, 9.17) is 0 Å². The number of benzene rings is 1. The SMILES string of the molecule is Cc1cc(F)cc(C)c1S(=O)(=O)N(C)CC(C)C. The van der Waals surface area contributed by atoms with Gasteiger partial charge in [-0.3, -0.25) is 0 Å². The van der Waals surface area contributed by atoms with E-state index in [-0.39, 0.29) is 10.8 Å². The van der Waals surface area contributed by atoms with Crippen LogP contribution in [0.15, 0.2) is 17.0 Å². The average molecular weight is 273 g/mol. The number of nitrogens with zero attached hydrogens (tertiary/aromatic N) is 1. The second-order valence-electron chi connectivity index (χ2n) is 5.05. The Hall–Kier alpha value is -0.940. The summed E-state index contributed by atoms with van der Waals surface area (Å²) in [5.41, 5.74) is 0.895. The van der Waals surface area contributed by atoms with Crippen LogP contribution in [-0.4, -0.2) is 26.3 Å². The van der Waals surface area contributed by atoms with Crippen LogP contribution in [0, 0.1) is 25.6 Å². The van der Waals surface area contributed by atoms with Gasteiger partial charge in [-0.1, -0.05) is 13.8 Å². The number of hydrogen-bond donors (Lipinski definition) is 0. The van der Waals surface area contributed by atoms with Crippen molar-refractivity contribution in [1.82, 2.24) is 4.31 Å². The van der Waals surface area contributed by atoms with Crippen molar-refractivity contribution in [2.24, 2.45) is 5.92 Å². The van der Waals surface area contributed by atoms with Crippen LogP contribution < -0.4 is 0 Å². The zero-order valence-electron chi connectivity index (χ0n) is 11.5. The third-order valence-corrected chi connectivity index (χ3v) is 4.85. The summed E-state index contributed by atoms with van der Waals surface area (Å²) in [5.74, 6) is -0.165. The molecule has 0 saturated heterocycles. The predicted molar refractivity (Wildman–Crippen MR) is 70.5 cm³/mol. The van der Waals surface area contributed by atoms with Crippen LogP contribution >= 0.6 is 0 Å². The molecule has 0 fully saturated rings. The zero-order chi connectivity index (χ0) is 14.1. The minimum atomic E-state index is -3.55. The highest BCUT2D eigenvalue weighted by Gasteiger charge is 2.25. The van der Waals surface area contributed by atoms with Crippen LogP contribution in [0.2, 0.25) is 0 Å². The molecule has 0 unspecified atom stereocenters. The molecule has 0 spiro atoms. The molecule has 0 atom stereocenters. The van der Waals surface area contributed by atoms with E-state index in [0.29, 0.717) is 17.7 Å². The number of hydrogen-bond acceptors (Lipinski definition) is 2. The minimum Gasteiger partial charge on any atom is -0.207 e. The molecule has 0 aliphatic carbocycles. The first-order valence-corrected chi connectivity index (χ1v) is 7.33. The van der Waals surface area contributed by atoms with Gasteiger partial charge in [0.2, 0.25) is 10.0 Å². The molecule has 102 valence electrons. The molecule has 0 aliphatic heterocycles. The standard InChI is InChI=1S/C13H20FNO2S/c1-9(2)8-15(5)18(16,17)13-10(3)6-12(14)7-11(13)4/h6-7,9H,8H2,1-5H3. The highest BCUT2D eigenvalue weighted by molar-refractivity contribution is 7.89. The second kappa shape index (κ2) is 5.36. The molecule has 0 aliphatic rings. The van der Waals surface area contributed by atoms with Crippen LogP contribution in [0.4, 0.5) is 4.39 Å². The third-order valence-electron chi connectivity index (χ3n) is 2.72. The molecule has 0 amide bonds. The summed E-state index contributed by atoms with van der Waals surface area (Å²) in [6.45, 7) is 7.59. The Morgan fingerprint density at radius 3 is 2.06 bits per heavy atom. The molecule has 0 aromatic heterocycles. The Balaban J connectivity index is 3.29. The van der Waals surface area contributed by atoms with Crippen LogP contribution in [0.5, 0.6) is 0 Å². The summed E-state index contributed by atoms with van der Waals surface area (Å²) >= 11 is 0. The Labute approximate surface area is 109 Å². The minimum absolute atomic E-state index is 0.215. The van der Waals surface area contributed by atoms with E-state index in [2.05, 4.69) is 0 Å². The zero-order valence-corrected chi connectivity index (χ0v) is 12.3. The maximum Gasteiger partial charge on any atom is 0.243 e. The van der Waals surface area contributed by atoms with E-state index < -0.39 is 15.8 Å². The Morgan fingerprint density at radius 1 is 1.22 bits per heavy atom. The molecule has 5 heteroatoms. The van der Waals surface area contributed by atoms with Crippen LogP contribution in [0.3, 0.4) is 0 Å². The smallest absolute Gasteiger partial charge is 0.207 e. The van der Waals surface area contributed by atoms with Gasteiger partial charge in [-0.15, -0.1) is 0 Å². The lowest BCUT2D eigenvalue weighted by Gasteiger charge is -2.21. The van der Waals surface area contributed by atoms with E-state index >= 15 is 0 Å². The molecule has 18 heavy (non-hydrogen) atoms. The van der Waals surface area contributed by atoms with Gasteiger partial charge in [-0.05, 0) is 43.0 Å². The van der Waals surface area contributed by atoms with Crippen molar-refractivity contribution in [3.63, 3.8) is 0 Å². The lowest BCUT2D eigenvalue weighted by atomic mass is 10.1. The van der Waals surface area contributed by atoms with E-state index in [0.717, 1.165) is 0 Å². The second-order valence-corrected chi connectivity index (χ2v) is 7.03. The molecular formula is C13H20FNO2S. The van der Waals surface area contributed by atoms with Crippen molar-refractivity contribution in [2.75, 3.05) is 13.6 Å². The molecular weight excluding hydrogens is 253 g/mol. The van der Waals surface area contributed by atoms with Crippen molar-refractivity contribution in [2.45, 2.75) is 32.6 Å². The number of sulfonamides is 1. The van der Waals surface area contributed by atoms with Gasteiger partial charge in [-0.25, -0.2) is 17.1 Å². The lowest BCUT2D eigenvalue weighted by molar-refractivity contribution is 0.416. The van der Waals surface area contributed by atoms with Gasteiger partial charge in [0.05, 0.1) is 4.90 Å². The van der Waals surface area contributed by atoms with E-state index in [1.54, 1.807) is 20.9 Å². The Kier molecular flexibility index (Phi) is 4.50. The molecule has 1 rings (SSSR count). The van der Waals surface area contributed by atoms with E-state index in [9.17, 15) is 12.8 Å². The van der Waals surface area contributed by atoms with Gasteiger partial charge in [0, 0.05) is 13.6 Å². The van der Waals surface area contributed by atoms with Crippen molar-refractivity contribution in [3.05, 3.63) is 29.1 Å². The lowest BCUT2D eigenvalue weighted by Crippen LogP contribution is -2.31. The molecule has 1 aromatic rings. The maximum atomic E-state index is 13.2. The number of aryl methyl sites for hydroxylation is 2. The summed E-state index contributed by atoms with van der Waals surface area (Å²) in [5, 5.41) is 0. The highest BCUT2D eigenvalue weighted by Crippen LogP contribution is 2.24. The van der Waals surface area contributed by atoms with Gasteiger partial charge in [-0.2, -0.15) is 0 Å². The monoisotopic (exact) mass is 273 g/mol. The van der Waals surface area contributed by atoms with Crippen molar-refractivity contribution in [1.29, 1.82) is 0 Å². The molecule has 3 nitrogen and oxygen atoms in total. The fourth-order valence-corrected chi connectivity index (χ4v) is 3.81. The normalized spacial score (nSPS) is 12.4. The Morgan fingerprint density at radius 2 is 1.67 bits per heavy atom. The molecule has 0 heterocycles. The van der Waals surface area contributed by atoms with Gasteiger partial charge in [0.25, 0.3) is 0 Å². The molecule has 0 bridgehead atoms. The topological polar surface area (TPSA) is 37.4 Å². The molecule has 0 radical (unpaired) electrons. The fraction of sp³-hybridized carbons (Fsp3) is 0.538. The first-order chi connectivity index (χ1) is 8.16. The summed E-state index contributed by atoms with van der Waals surface area (Å²) in [6.07, 6.45) is 0. The van der Waals surface area contributed by atoms with Gasteiger partial charge >= 0.3 is 0 Å². The van der Waals surface area contributed by atoms with E-state index in [1.165, 1.54) is 16.4 Å². The van der Waals surface area contributed by atoms with Crippen molar-refractivity contribution < 1.29 is 12.8 Å². The van der Waals surface area contributed by atoms with Crippen molar-refractivity contribution >= 4 is 10.0 Å². The quantitative estimate of drug-likeness (QED) is 0.846. The highest BCUT2D eigenvalue weighted by atomic mass is 32.2. The molecule has 1 aromatic carbocycles. The number of halogens is 1. The largest absolute Gasteiger partial charge is 0.243 e. The summed E-state index contributed by atoms with van der Waals surface area (Å²) in [6, 6.07) is 2.51. The van der Waals surface area contributed by atoms with Gasteiger partial charge in [0.15, 0.2) is 0 Å². The third kappa shape index (κ3) is 3.09. The van der Waals surface area contributed by atoms with Crippen molar-refractivity contribution in [3.8, 4) is 0 Å².